The molecule has 0 radical (unpaired) electrons. The highest BCUT2D eigenvalue weighted by atomic mass is 19.1. The van der Waals surface area contributed by atoms with Crippen molar-refractivity contribution in [2.45, 2.75) is 32.4 Å². The van der Waals surface area contributed by atoms with Gasteiger partial charge in [-0.15, -0.1) is 0 Å². The standard InChI is InChI=1S/C16H20FN5O3/c1-2-8-20(12-7-9-25-11-12)15(23)10-21-16(24)22(19-18-21)14-6-4-3-5-13(14)17/h3-6,12H,2,7-11H2,1H3. The van der Waals surface area contributed by atoms with Crippen LogP contribution in [0.1, 0.15) is 19.8 Å². The van der Waals surface area contributed by atoms with Crippen molar-refractivity contribution in [2.24, 2.45) is 0 Å². The molecule has 0 spiro atoms. The molecule has 1 saturated heterocycles. The molecule has 1 amide bonds. The minimum atomic E-state index is -0.655. The van der Waals surface area contributed by atoms with Crippen LogP contribution in [-0.2, 0) is 16.1 Å². The summed E-state index contributed by atoms with van der Waals surface area (Å²) in [5.74, 6) is -0.807. The van der Waals surface area contributed by atoms with Crippen molar-refractivity contribution < 1.29 is 13.9 Å². The smallest absolute Gasteiger partial charge is 0.369 e. The Balaban J connectivity index is 1.80. The summed E-state index contributed by atoms with van der Waals surface area (Å²) in [4.78, 5) is 26.7. The van der Waals surface area contributed by atoms with Gasteiger partial charge in [-0.1, -0.05) is 19.1 Å². The quantitative estimate of drug-likeness (QED) is 0.763. The van der Waals surface area contributed by atoms with Crippen molar-refractivity contribution in [3.63, 3.8) is 0 Å². The molecule has 1 aromatic carbocycles. The zero-order chi connectivity index (χ0) is 17.8. The Hall–Kier alpha value is -2.55. The van der Waals surface area contributed by atoms with Gasteiger partial charge in [-0.3, -0.25) is 4.79 Å². The molecule has 2 heterocycles. The maximum absolute atomic E-state index is 13.8. The lowest BCUT2D eigenvalue weighted by Crippen LogP contribution is -2.44. The molecule has 1 aliphatic heterocycles. The van der Waals surface area contributed by atoms with Gasteiger partial charge in [0, 0.05) is 13.2 Å². The summed E-state index contributed by atoms with van der Waals surface area (Å²) in [6.07, 6.45) is 1.58. The number of carbonyl (C=O) groups excluding carboxylic acids is 1. The summed E-state index contributed by atoms with van der Waals surface area (Å²) in [6.45, 7) is 3.47. The molecule has 25 heavy (non-hydrogen) atoms. The first-order chi connectivity index (χ1) is 12.1. The first-order valence-electron chi connectivity index (χ1n) is 8.26. The van der Waals surface area contributed by atoms with Gasteiger partial charge in [0.15, 0.2) is 0 Å². The largest absolute Gasteiger partial charge is 0.379 e. The number of nitrogens with zero attached hydrogens (tertiary/aromatic N) is 5. The van der Waals surface area contributed by atoms with E-state index in [1.165, 1.54) is 18.2 Å². The number of aromatic nitrogens is 4. The number of halogens is 1. The lowest BCUT2D eigenvalue weighted by molar-refractivity contribution is -0.134. The summed E-state index contributed by atoms with van der Waals surface area (Å²) in [6, 6.07) is 5.79. The molecule has 1 unspecified atom stereocenters. The molecular weight excluding hydrogens is 329 g/mol. The van der Waals surface area contributed by atoms with Gasteiger partial charge in [0.1, 0.15) is 18.0 Å². The number of amides is 1. The van der Waals surface area contributed by atoms with Crippen molar-refractivity contribution in [2.75, 3.05) is 19.8 Å². The molecule has 1 fully saturated rings. The Morgan fingerprint density at radius 1 is 1.40 bits per heavy atom. The van der Waals surface area contributed by atoms with Crippen molar-refractivity contribution >= 4 is 5.91 Å². The van der Waals surface area contributed by atoms with Crippen LogP contribution >= 0.6 is 0 Å². The molecule has 1 atom stereocenters. The minimum absolute atomic E-state index is 0.000746. The van der Waals surface area contributed by atoms with Gasteiger partial charge in [-0.05, 0) is 35.4 Å². The Labute approximate surface area is 143 Å². The van der Waals surface area contributed by atoms with Crippen molar-refractivity contribution in [1.29, 1.82) is 0 Å². The van der Waals surface area contributed by atoms with E-state index in [0.29, 0.717) is 19.8 Å². The Bertz CT molecular complexity index is 797. The van der Waals surface area contributed by atoms with E-state index in [0.717, 1.165) is 22.2 Å². The highest BCUT2D eigenvalue weighted by Gasteiger charge is 2.27. The van der Waals surface area contributed by atoms with Crippen LogP contribution < -0.4 is 5.69 Å². The number of carbonyl (C=O) groups is 1. The summed E-state index contributed by atoms with van der Waals surface area (Å²) in [5, 5.41) is 7.40. The van der Waals surface area contributed by atoms with Crippen molar-refractivity contribution in [1.82, 2.24) is 24.7 Å². The Morgan fingerprint density at radius 3 is 2.88 bits per heavy atom. The van der Waals surface area contributed by atoms with Gasteiger partial charge in [0.2, 0.25) is 5.91 Å². The third kappa shape index (κ3) is 3.60. The molecule has 1 aliphatic rings. The summed E-state index contributed by atoms with van der Waals surface area (Å²) in [5.41, 5.74) is -0.654. The lowest BCUT2D eigenvalue weighted by atomic mass is 10.2. The molecule has 0 saturated carbocycles. The molecule has 0 N–H and O–H groups in total. The predicted octanol–water partition coefficient (Wildman–Crippen LogP) is 0.596. The normalized spacial score (nSPS) is 17.0. The van der Waals surface area contributed by atoms with Crippen LogP contribution in [0, 0.1) is 5.82 Å². The minimum Gasteiger partial charge on any atom is -0.379 e. The fourth-order valence-electron chi connectivity index (χ4n) is 2.89. The number of rotatable bonds is 6. The van der Waals surface area contributed by atoms with Crippen molar-refractivity contribution in [3.8, 4) is 5.69 Å². The monoisotopic (exact) mass is 349 g/mol. The summed E-state index contributed by atoms with van der Waals surface area (Å²) in [7, 11) is 0. The van der Waals surface area contributed by atoms with Gasteiger partial charge in [-0.25, -0.2) is 9.18 Å². The molecule has 9 heteroatoms. The summed E-state index contributed by atoms with van der Waals surface area (Å²) < 4.78 is 21.0. The predicted molar refractivity (Wildman–Crippen MR) is 86.8 cm³/mol. The molecule has 1 aromatic heterocycles. The average Bonchev–Trinajstić information content (AvgIpc) is 3.24. The topological polar surface area (TPSA) is 82.3 Å². The van der Waals surface area contributed by atoms with E-state index in [1.807, 2.05) is 6.92 Å². The van der Waals surface area contributed by atoms with Gasteiger partial charge < -0.3 is 9.64 Å². The highest BCUT2D eigenvalue weighted by molar-refractivity contribution is 5.76. The van der Waals surface area contributed by atoms with E-state index in [1.54, 1.807) is 11.0 Å². The van der Waals surface area contributed by atoms with E-state index in [-0.39, 0.29) is 24.2 Å². The number of ether oxygens (including phenoxy) is 1. The van der Waals surface area contributed by atoms with Crippen molar-refractivity contribution in [3.05, 3.63) is 40.6 Å². The number of hydrogen-bond donors (Lipinski definition) is 0. The van der Waals surface area contributed by atoms with E-state index < -0.39 is 11.5 Å². The van der Waals surface area contributed by atoms with Crippen LogP contribution in [0.2, 0.25) is 0 Å². The molecule has 2 aromatic rings. The first kappa shape index (κ1) is 17.3. The number of tetrazole rings is 1. The van der Waals surface area contributed by atoms with Gasteiger partial charge in [0.25, 0.3) is 0 Å². The Kier molecular flexibility index (Phi) is 5.22. The van der Waals surface area contributed by atoms with Crippen LogP contribution in [0.3, 0.4) is 0 Å². The second-order valence-electron chi connectivity index (χ2n) is 5.89. The number of hydrogen-bond acceptors (Lipinski definition) is 5. The van der Waals surface area contributed by atoms with Crippen LogP contribution in [0.15, 0.2) is 29.1 Å². The van der Waals surface area contributed by atoms with Gasteiger partial charge >= 0.3 is 5.69 Å². The molecule has 0 aliphatic carbocycles. The molecule has 8 nitrogen and oxygen atoms in total. The van der Waals surface area contributed by atoms with Gasteiger partial charge in [0.05, 0.1) is 12.6 Å². The fraction of sp³-hybridized carbons (Fsp3) is 0.500. The van der Waals surface area contributed by atoms with Crippen LogP contribution in [0.5, 0.6) is 0 Å². The fourth-order valence-corrected chi connectivity index (χ4v) is 2.89. The maximum Gasteiger partial charge on any atom is 0.369 e. The van der Waals surface area contributed by atoms with Gasteiger partial charge in [-0.2, -0.15) is 9.36 Å². The number of para-hydroxylation sites is 1. The first-order valence-corrected chi connectivity index (χ1v) is 8.26. The van der Waals surface area contributed by atoms with E-state index in [4.69, 9.17) is 4.74 Å². The molecule has 134 valence electrons. The lowest BCUT2D eigenvalue weighted by Gasteiger charge is -2.27. The zero-order valence-corrected chi connectivity index (χ0v) is 14.0. The zero-order valence-electron chi connectivity index (χ0n) is 14.0. The Morgan fingerprint density at radius 2 is 2.20 bits per heavy atom. The molecular formula is C16H20FN5O3. The SMILES string of the molecule is CCCN(C(=O)Cn1nnn(-c2ccccc2F)c1=O)C1CCOC1. The second kappa shape index (κ2) is 7.56. The van der Waals surface area contributed by atoms with Crippen LogP contribution in [0.4, 0.5) is 4.39 Å². The van der Waals surface area contributed by atoms with Crippen LogP contribution in [-0.4, -0.2) is 56.4 Å². The van der Waals surface area contributed by atoms with E-state index in [9.17, 15) is 14.0 Å². The van der Waals surface area contributed by atoms with E-state index in [2.05, 4.69) is 10.4 Å². The highest BCUT2D eigenvalue weighted by Crippen LogP contribution is 2.14. The molecule has 0 bridgehead atoms. The molecule has 3 rings (SSSR count). The summed E-state index contributed by atoms with van der Waals surface area (Å²) >= 11 is 0. The third-order valence-electron chi connectivity index (χ3n) is 4.14. The second-order valence-corrected chi connectivity index (χ2v) is 5.89. The third-order valence-corrected chi connectivity index (χ3v) is 4.14. The number of benzene rings is 1. The average molecular weight is 349 g/mol. The maximum atomic E-state index is 13.8. The van der Waals surface area contributed by atoms with Crippen LogP contribution in [0.25, 0.3) is 5.69 Å². The van der Waals surface area contributed by atoms with E-state index >= 15 is 0 Å².